The van der Waals surface area contributed by atoms with Crippen molar-refractivity contribution in [2.45, 2.75) is 25.7 Å². The molecule has 3 aromatic rings. The van der Waals surface area contributed by atoms with Crippen molar-refractivity contribution >= 4 is 21.6 Å². The summed E-state index contributed by atoms with van der Waals surface area (Å²) in [6, 6.07) is 18.1. The number of nitrogens with zero attached hydrogens (tertiary/aromatic N) is 1. The lowest BCUT2D eigenvalue weighted by Gasteiger charge is -2.24. The second-order valence-corrected chi connectivity index (χ2v) is 8.65. The quantitative estimate of drug-likeness (QED) is 0.615. The van der Waals surface area contributed by atoms with Crippen LogP contribution in [0.15, 0.2) is 71.6 Å². The van der Waals surface area contributed by atoms with E-state index in [0.717, 1.165) is 21.0 Å². The van der Waals surface area contributed by atoms with Crippen molar-refractivity contribution in [2.24, 2.45) is 0 Å². The Bertz CT molecular complexity index is 1110. The molecule has 0 N–H and O–H groups in total. The van der Waals surface area contributed by atoms with E-state index in [-0.39, 0.29) is 10.6 Å². The number of hydrogen-bond acceptors (Lipinski definition) is 4. The van der Waals surface area contributed by atoms with Gasteiger partial charge in [-0.25, -0.2) is 8.42 Å². The summed E-state index contributed by atoms with van der Waals surface area (Å²) < 4.78 is 33.0. The Balaban J connectivity index is 2.22. The lowest BCUT2D eigenvalue weighted by Crippen LogP contribution is -2.37. The van der Waals surface area contributed by atoms with Crippen molar-refractivity contribution in [1.82, 2.24) is 0 Å². The van der Waals surface area contributed by atoms with E-state index >= 15 is 0 Å². The normalized spacial score (nSPS) is 11.2. The Labute approximate surface area is 171 Å². The summed E-state index contributed by atoms with van der Waals surface area (Å²) in [5.74, 6) is -0.0185. The minimum Gasteiger partial charge on any atom is -0.497 e. The highest BCUT2D eigenvalue weighted by atomic mass is 32.2. The second-order valence-electron chi connectivity index (χ2n) is 6.86. The number of carbonyl (C=O) groups is 1. The highest BCUT2D eigenvalue weighted by Gasteiger charge is 2.33. The van der Waals surface area contributed by atoms with Gasteiger partial charge in [-0.1, -0.05) is 35.9 Å². The van der Waals surface area contributed by atoms with Gasteiger partial charge in [-0.05, 0) is 68.3 Å². The Kier molecular flexibility index (Phi) is 5.75. The average molecular weight is 410 g/mol. The molecule has 3 aromatic carbocycles. The van der Waals surface area contributed by atoms with Crippen LogP contribution in [0.25, 0.3) is 0 Å². The molecule has 1 amide bonds. The molecule has 3 rings (SSSR count). The van der Waals surface area contributed by atoms with Crippen LogP contribution in [-0.2, 0) is 10.0 Å². The fourth-order valence-corrected chi connectivity index (χ4v) is 4.82. The molecule has 0 aliphatic rings. The molecule has 0 fully saturated rings. The standard InChI is InChI=1S/C23H23NO4S/c1-16-14-17(2)22(18(3)15-16)23(25)24(19-10-12-20(28-4)13-11-19)29(26,27)21-8-6-5-7-9-21/h5-15H,1-4H3. The Morgan fingerprint density at radius 1 is 0.862 bits per heavy atom. The minimum absolute atomic E-state index is 0.0478. The monoisotopic (exact) mass is 409 g/mol. The average Bonchev–Trinajstić information content (AvgIpc) is 2.68. The zero-order valence-electron chi connectivity index (χ0n) is 16.8. The number of anilines is 1. The molecule has 150 valence electrons. The zero-order valence-corrected chi connectivity index (χ0v) is 17.7. The molecule has 0 aliphatic heterocycles. The first-order chi connectivity index (χ1) is 13.8. The number of amides is 1. The van der Waals surface area contributed by atoms with E-state index in [9.17, 15) is 13.2 Å². The van der Waals surface area contributed by atoms with Crippen LogP contribution in [0.2, 0.25) is 0 Å². The molecule has 0 unspecified atom stereocenters. The number of rotatable bonds is 5. The van der Waals surface area contributed by atoms with E-state index < -0.39 is 15.9 Å². The fourth-order valence-electron chi connectivity index (χ4n) is 3.40. The third kappa shape index (κ3) is 4.03. The first-order valence-electron chi connectivity index (χ1n) is 9.12. The number of carbonyl (C=O) groups excluding carboxylic acids is 1. The third-order valence-electron chi connectivity index (χ3n) is 4.66. The number of ether oxygens (including phenoxy) is 1. The van der Waals surface area contributed by atoms with Gasteiger partial charge in [0.1, 0.15) is 5.75 Å². The maximum absolute atomic E-state index is 13.6. The molecule has 6 heteroatoms. The summed E-state index contributed by atoms with van der Waals surface area (Å²) in [7, 11) is -2.60. The Morgan fingerprint density at radius 3 is 1.93 bits per heavy atom. The van der Waals surface area contributed by atoms with Crippen LogP contribution in [0.3, 0.4) is 0 Å². The summed E-state index contributed by atoms with van der Waals surface area (Å²) in [5.41, 5.74) is 3.10. The van der Waals surface area contributed by atoms with Gasteiger partial charge in [0.05, 0.1) is 17.7 Å². The number of aryl methyl sites for hydroxylation is 3. The van der Waals surface area contributed by atoms with Crippen LogP contribution in [0.4, 0.5) is 5.69 Å². The van der Waals surface area contributed by atoms with E-state index in [4.69, 9.17) is 4.74 Å². The van der Waals surface area contributed by atoms with Crippen molar-refractivity contribution in [3.63, 3.8) is 0 Å². The Morgan fingerprint density at radius 2 is 1.41 bits per heavy atom. The number of methoxy groups -OCH3 is 1. The van der Waals surface area contributed by atoms with Gasteiger partial charge in [0, 0.05) is 5.56 Å². The first-order valence-corrected chi connectivity index (χ1v) is 10.6. The molecule has 0 saturated carbocycles. The topological polar surface area (TPSA) is 63.7 Å². The van der Waals surface area contributed by atoms with E-state index in [1.807, 2.05) is 32.9 Å². The minimum atomic E-state index is -4.12. The van der Waals surface area contributed by atoms with Crippen LogP contribution in [0.1, 0.15) is 27.0 Å². The van der Waals surface area contributed by atoms with Crippen LogP contribution < -0.4 is 9.04 Å². The van der Waals surface area contributed by atoms with Gasteiger partial charge >= 0.3 is 0 Å². The van der Waals surface area contributed by atoms with Gasteiger partial charge in [0.15, 0.2) is 0 Å². The van der Waals surface area contributed by atoms with Crippen molar-refractivity contribution in [2.75, 3.05) is 11.4 Å². The predicted octanol–water partition coefficient (Wildman–Crippen LogP) is 4.66. The van der Waals surface area contributed by atoms with Crippen LogP contribution in [0, 0.1) is 20.8 Å². The van der Waals surface area contributed by atoms with Gasteiger partial charge in [0.2, 0.25) is 0 Å². The van der Waals surface area contributed by atoms with Gasteiger partial charge in [0.25, 0.3) is 15.9 Å². The van der Waals surface area contributed by atoms with Crippen molar-refractivity contribution in [1.29, 1.82) is 0 Å². The maximum atomic E-state index is 13.6. The maximum Gasteiger partial charge on any atom is 0.272 e. The van der Waals surface area contributed by atoms with E-state index in [0.29, 0.717) is 11.3 Å². The number of hydrogen-bond donors (Lipinski definition) is 0. The molecule has 0 heterocycles. The molecule has 5 nitrogen and oxygen atoms in total. The van der Waals surface area contributed by atoms with E-state index in [1.165, 1.54) is 19.2 Å². The highest BCUT2D eigenvalue weighted by Crippen LogP contribution is 2.29. The molecule has 0 radical (unpaired) electrons. The summed E-state index contributed by atoms with van der Waals surface area (Å²) >= 11 is 0. The summed E-state index contributed by atoms with van der Waals surface area (Å²) in [6.07, 6.45) is 0. The molecule has 0 bridgehead atoms. The lowest BCUT2D eigenvalue weighted by molar-refractivity contribution is 0.100. The number of sulfonamides is 1. The SMILES string of the molecule is COc1ccc(N(C(=O)c2c(C)cc(C)cc2C)S(=O)(=O)c2ccccc2)cc1. The van der Waals surface area contributed by atoms with Crippen molar-refractivity contribution < 1.29 is 17.9 Å². The Hall–Kier alpha value is -3.12. The second kappa shape index (κ2) is 8.09. The predicted molar refractivity (Wildman–Crippen MR) is 114 cm³/mol. The molecule has 0 spiro atoms. The van der Waals surface area contributed by atoms with Crippen molar-refractivity contribution in [3.05, 3.63) is 89.0 Å². The van der Waals surface area contributed by atoms with Gasteiger partial charge in [-0.3, -0.25) is 4.79 Å². The first kappa shape index (κ1) is 20.6. The number of benzene rings is 3. The van der Waals surface area contributed by atoms with Crippen LogP contribution in [-0.4, -0.2) is 21.4 Å². The van der Waals surface area contributed by atoms with E-state index in [1.54, 1.807) is 42.5 Å². The van der Waals surface area contributed by atoms with E-state index in [2.05, 4.69) is 0 Å². The molecule has 0 saturated heterocycles. The molecule has 0 aliphatic carbocycles. The fraction of sp³-hybridized carbons (Fsp3) is 0.174. The zero-order chi connectivity index (χ0) is 21.2. The molecule has 29 heavy (non-hydrogen) atoms. The summed E-state index contributed by atoms with van der Waals surface area (Å²) in [6.45, 7) is 5.57. The lowest BCUT2D eigenvalue weighted by atomic mass is 9.99. The van der Waals surface area contributed by atoms with Gasteiger partial charge < -0.3 is 4.74 Å². The molecular weight excluding hydrogens is 386 g/mol. The van der Waals surface area contributed by atoms with Crippen LogP contribution in [0.5, 0.6) is 5.75 Å². The van der Waals surface area contributed by atoms with Gasteiger partial charge in [-0.2, -0.15) is 4.31 Å². The molecule has 0 aromatic heterocycles. The summed E-state index contributed by atoms with van der Waals surface area (Å²) in [5, 5.41) is 0. The van der Waals surface area contributed by atoms with Crippen molar-refractivity contribution in [3.8, 4) is 5.75 Å². The smallest absolute Gasteiger partial charge is 0.272 e. The molecule has 0 atom stereocenters. The van der Waals surface area contributed by atoms with Crippen LogP contribution >= 0.6 is 0 Å². The molecular formula is C23H23NO4S. The third-order valence-corrected chi connectivity index (χ3v) is 6.39. The largest absolute Gasteiger partial charge is 0.497 e. The highest BCUT2D eigenvalue weighted by molar-refractivity contribution is 7.93. The van der Waals surface area contributed by atoms with Gasteiger partial charge in [-0.15, -0.1) is 0 Å². The summed E-state index contributed by atoms with van der Waals surface area (Å²) in [4.78, 5) is 13.6.